The van der Waals surface area contributed by atoms with Gasteiger partial charge in [-0.15, -0.1) is 0 Å². The summed E-state index contributed by atoms with van der Waals surface area (Å²) in [6.07, 6.45) is 0. The maximum atomic E-state index is 4.68. The van der Waals surface area contributed by atoms with Crippen LogP contribution in [0.15, 0.2) is 70.6 Å². The lowest BCUT2D eigenvalue weighted by Gasteiger charge is -2.06. The van der Waals surface area contributed by atoms with E-state index in [-0.39, 0.29) is 0 Å². The fourth-order valence-electron chi connectivity index (χ4n) is 2.72. The van der Waals surface area contributed by atoms with Crippen molar-refractivity contribution in [2.45, 2.75) is 13.8 Å². The molecule has 1 N–H and O–H groups in total. The van der Waals surface area contributed by atoms with Crippen molar-refractivity contribution < 1.29 is 0 Å². The summed E-state index contributed by atoms with van der Waals surface area (Å²) in [6, 6.07) is 19.7. The largest absolute Gasteiger partial charge is 0.324 e. The highest BCUT2D eigenvalue weighted by Crippen LogP contribution is 2.23. The Labute approximate surface area is 146 Å². The Kier molecular flexibility index (Phi) is 3.82. The number of fused-ring (bicyclic) bond motifs is 1. The Morgan fingerprint density at radius 2 is 1.48 bits per heavy atom. The van der Waals surface area contributed by atoms with Gasteiger partial charge in [-0.05, 0) is 38.1 Å². The highest BCUT2D eigenvalue weighted by atomic mass is 15.1. The third-order valence-electron chi connectivity index (χ3n) is 3.87. The van der Waals surface area contributed by atoms with E-state index in [1.54, 1.807) is 0 Å². The molecule has 0 radical (unpaired) electrons. The van der Waals surface area contributed by atoms with E-state index in [1.165, 1.54) is 0 Å². The number of pyridine rings is 2. The summed E-state index contributed by atoms with van der Waals surface area (Å²) < 4.78 is 0. The molecule has 0 bridgehead atoms. The minimum atomic E-state index is 0.656. The molecule has 0 saturated heterocycles. The average molecular weight is 327 g/mol. The van der Waals surface area contributed by atoms with Crippen LogP contribution in [-0.2, 0) is 0 Å². The first-order valence-electron chi connectivity index (χ1n) is 8.10. The van der Waals surface area contributed by atoms with Crippen molar-refractivity contribution in [3.63, 3.8) is 0 Å². The van der Waals surface area contributed by atoms with Crippen LogP contribution < -0.4 is 5.32 Å². The van der Waals surface area contributed by atoms with Gasteiger partial charge >= 0.3 is 0 Å². The molecule has 0 saturated carbocycles. The van der Waals surface area contributed by atoms with Crippen LogP contribution in [0.1, 0.15) is 22.5 Å². The molecule has 122 valence electrons. The smallest absolute Gasteiger partial charge is 0.164 e. The zero-order chi connectivity index (χ0) is 17.2. The minimum absolute atomic E-state index is 0.656. The number of nitrogens with one attached hydrogen (secondary N) is 1. The number of anilines is 1. The van der Waals surface area contributed by atoms with Gasteiger partial charge in [0.1, 0.15) is 11.7 Å². The SMILES string of the molecule is Cc1cccc(N=C2N=C(Nc3cccc(C)n3)c3ccccc32)n1. The molecule has 0 amide bonds. The van der Waals surface area contributed by atoms with E-state index < -0.39 is 0 Å². The number of rotatable bonds is 2. The highest BCUT2D eigenvalue weighted by molar-refractivity contribution is 6.26. The van der Waals surface area contributed by atoms with Crippen molar-refractivity contribution in [2.24, 2.45) is 9.98 Å². The van der Waals surface area contributed by atoms with Gasteiger partial charge in [-0.2, -0.15) is 0 Å². The predicted molar refractivity (Wildman–Crippen MR) is 101 cm³/mol. The molecule has 5 nitrogen and oxygen atoms in total. The van der Waals surface area contributed by atoms with Gasteiger partial charge in [0, 0.05) is 22.5 Å². The van der Waals surface area contributed by atoms with Crippen LogP contribution in [0.25, 0.3) is 0 Å². The summed E-state index contributed by atoms with van der Waals surface area (Å²) in [6.45, 7) is 3.91. The van der Waals surface area contributed by atoms with Crippen molar-refractivity contribution in [3.05, 3.63) is 83.2 Å². The molecule has 3 heterocycles. The van der Waals surface area contributed by atoms with Gasteiger partial charge in [-0.3, -0.25) is 0 Å². The number of aromatic nitrogens is 2. The first kappa shape index (κ1) is 15.2. The Balaban J connectivity index is 1.75. The standard InChI is InChI=1S/C20H17N5/c1-13-7-5-11-17(21-13)23-19-15-9-3-4-10-16(15)20(25-19)24-18-12-6-8-14(2)22-18/h3-12H,1-2H3,(H,21,22,23,24,25). The van der Waals surface area contributed by atoms with E-state index in [0.29, 0.717) is 11.7 Å². The topological polar surface area (TPSA) is 62.5 Å². The number of aliphatic imine (C=N–C) groups is 2. The number of benzene rings is 1. The number of hydrogen-bond donors (Lipinski definition) is 1. The fourth-order valence-corrected chi connectivity index (χ4v) is 2.72. The lowest BCUT2D eigenvalue weighted by molar-refractivity contribution is 1.18. The zero-order valence-electron chi connectivity index (χ0n) is 14.1. The summed E-state index contributed by atoms with van der Waals surface area (Å²) >= 11 is 0. The summed E-state index contributed by atoms with van der Waals surface area (Å²) in [7, 11) is 0. The number of aryl methyl sites for hydroxylation is 2. The second kappa shape index (κ2) is 6.28. The summed E-state index contributed by atoms with van der Waals surface area (Å²) in [5, 5.41) is 3.30. The summed E-state index contributed by atoms with van der Waals surface area (Å²) in [5.41, 5.74) is 3.88. The number of hydrogen-bond acceptors (Lipinski definition) is 4. The maximum Gasteiger partial charge on any atom is 0.164 e. The second-order valence-electron chi connectivity index (χ2n) is 5.87. The van der Waals surface area contributed by atoms with Crippen LogP contribution in [0.4, 0.5) is 11.6 Å². The van der Waals surface area contributed by atoms with Gasteiger partial charge in [0.25, 0.3) is 0 Å². The third kappa shape index (κ3) is 3.17. The molecule has 2 aromatic heterocycles. The van der Waals surface area contributed by atoms with Crippen LogP contribution in [0, 0.1) is 13.8 Å². The lowest BCUT2D eigenvalue weighted by atomic mass is 10.1. The van der Waals surface area contributed by atoms with Gasteiger partial charge in [-0.1, -0.05) is 36.4 Å². The summed E-state index contributed by atoms with van der Waals surface area (Å²) in [5.74, 6) is 2.83. The molecule has 1 aliphatic rings. The zero-order valence-corrected chi connectivity index (χ0v) is 14.1. The van der Waals surface area contributed by atoms with Gasteiger partial charge < -0.3 is 5.32 Å². The van der Waals surface area contributed by atoms with E-state index in [2.05, 4.69) is 25.3 Å². The van der Waals surface area contributed by atoms with Crippen molar-refractivity contribution in [3.8, 4) is 0 Å². The van der Waals surface area contributed by atoms with Gasteiger partial charge in [0.05, 0.1) is 0 Å². The van der Waals surface area contributed by atoms with Crippen LogP contribution >= 0.6 is 0 Å². The average Bonchev–Trinajstić information content (AvgIpc) is 2.93. The molecule has 0 aliphatic carbocycles. The Morgan fingerprint density at radius 1 is 0.760 bits per heavy atom. The quantitative estimate of drug-likeness (QED) is 0.772. The van der Waals surface area contributed by atoms with Gasteiger partial charge in [-0.25, -0.2) is 20.0 Å². The van der Waals surface area contributed by atoms with Crippen LogP contribution in [0.2, 0.25) is 0 Å². The van der Waals surface area contributed by atoms with Crippen molar-refractivity contribution in [2.75, 3.05) is 5.32 Å². The van der Waals surface area contributed by atoms with E-state index in [1.807, 2.05) is 74.5 Å². The molecule has 25 heavy (non-hydrogen) atoms. The molecule has 0 unspecified atom stereocenters. The van der Waals surface area contributed by atoms with Crippen molar-refractivity contribution in [1.82, 2.24) is 9.97 Å². The Morgan fingerprint density at radius 3 is 2.24 bits per heavy atom. The number of nitrogens with zero attached hydrogens (tertiary/aromatic N) is 4. The molecule has 0 fully saturated rings. The van der Waals surface area contributed by atoms with Gasteiger partial charge in [0.15, 0.2) is 11.7 Å². The van der Waals surface area contributed by atoms with Gasteiger partial charge in [0.2, 0.25) is 0 Å². The monoisotopic (exact) mass is 327 g/mol. The predicted octanol–water partition coefficient (Wildman–Crippen LogP) is 4.04. The highest BCUT2D eigenvalue weighted by Gasteiger charge is 2.21. The Hall–Kier alpha value is -3.34. The Bertz CT molecular complexity index is 1000. The van der Waals surface area contributed by atoms with Crippen LogP contribution in [-0.4, -0.2) is 21.6 Å². The number of amidine groups is 2. The molecule has 1 aromatic carbocycles. The van der Waals surface area contributed by atoms with E-state index in [9.17, 15) is 0 Å². The summed E-state index contributed by atoms with van der Waals surface area (Å²) in [4.78, 5) is 18.2. The molecule has 0 atom stereocenters. The molecule has 3 aromatic rings. The van der Waals surface area contributed by atoms with Crippen molar-refractivity contribution in [1.29, 1.82) is 0 Å². The van der Waals surface area contributed by atoms with E-state index >= 15 is 0 Å². The second-order valence-corrected chi connectivity index (χ2v) is 5.87. The normalized spacial score (nSPS) is 14.3. The molecular weight excluding hydrogens is 310 g/mol. The first-order valence-corrected chi connectivity index (χ1v) is 8.10. The fraction of sp³-hybridized carbons (Fsp3) is 0.100. The molecule has 0 spiro atoms. The maximum absolute atomic E-state index is 4.68. The van der Waals surface area contributed by atoms with Crippen LogP contribution in [0.3, 0.4) is 0 Å². The molecule has 5 heteroatoms. The van der Waals surface area contributed by atoms with Crippen molar-refractivity contribution >= 4 is 23.3 Å². The lowest BCUT2D eigenvalue weighted by Crippen LogP contribution is -2.12. The third-order valence-corrected chi connectivity index (χ3v) is 3.87. The molecule has 4 rings (SSSR count). The van der Waals surface area contributed by atoms with Crippen LogP contribution in [0.5, 0.6) is 0 Å². The molecule has 1 aliphatic heterocycles. The minimum Gasteiger partial charge on any atom is -0.324 e. The first-order chi connectivity index (χ1) is 12.2. The van der Waals surface area contributed by atoms with E-state index in [0.717, 1.165) is 34.2 Å². The molecular formula is C20H17N5. The van der Waals surface area contributed by atoms with E-state index in [4.69, 9.17) is 0 Å².